The Kier molecular flexibility index (Phi) is 7.18. The maximum Gasteiger partial charge on any atom is 0.573 e. The van der Waals surface area contributed by atoms with Crippen molar-refractivity contribution in [2.24, 2.45) is 0 Å². The van der Waals surface area contributed by atoms with Crippen LogP contribution in [-0.2, 0) is 9.53 Å². The van der Waals surface area contributed by atoms with Crippen molar-refractivity contribution < 1.29 is 37.0 Å². The molecule has 0 fully saturated rings. The van der Waals surface area contributed by atoms with Gasteiger partial charge in [-0.2, -0.15) is 0 Å². The molecule has 3 amide bonds. The summed E-state index contributed by atoms with van der Waals surface area (Å²) in [5.41, 5.74) is 0.200. The fraction of sp³-hybridized carbons (Fsp3) is 0.211. The zero-order valence-corrected chi connectivity index (χ0v) is 15.2. The number of esters is 1. The Morgan fingerprint density at radius 1 is 1.00 bits per heavy atom. The highest BCUT2D eigenvalue weighted by Gasteiger charge is 2.31. The van der Waals surface area contributed by atoms with Gasteiger partial charge < -0.3 is 14.8 Å². The summed E-state index contributed by atoms with van der Waals surface area (Å²) in [6, 6.07) is 11.2. The summed E-state index contributed by atoms with van der Waals surface area (Å²) < 4.78 is 45.6. The van der Waals surface area contributed by atoms with Crippen LogP contribution < -0.4 is 15.4 Å². The molecule has 0 radical (unpaired) electrons. The Bertz CT molecular complexity index is 854. The Morgan fingerprint density at radius 3 is 2.17 bits per heavy atom. The van der Waals surface area contributed by atoms with Crippen LogP contribution in [0.3, 0.4) is 0 Å². The second kappa shape index (κ2) is 9.58. The fourth-order valence-electron chi connectivity index (χ4n) is 2.25. The van der Waals surface area contributed by atoms with Crippen LogP contribution in [0.1, 0.15) is 28.9 Å². The van der Waals surface area contributed by atoms with E-state index in [0.29, 0.717) is 5.56 Å². The van der Waals surface area contributed by atoms with Crippen molar-refractivity contribution >= 4 is 17.9 Å². The van der Waals surface area contributed by atoms with Gasteiger partial charge in [0.1, 0.15) is 5.75 Å². The van der Waals surface area contributed by atoms with Crippen molar-refractivity contribution in [2.75, 3.05) is 6.54 Å². The first-order chi connectivity index (χ1) is 13.7. The summed E-state index contributed by atoms with van der Waals surface area (Å²) in [6.07, 6.45) is -6.31. The monoisotopic (exact) mass is 410 g/mol. The van der Waals surface area contributed by atoms with Gasteiger partial charge in [0.25, 0.3) is 5.91 Å². The van der Waals surface area contributed by atoms with E-state index >= 15 is 0 Å². The molecule has 0 aliphatic carbocycles. The third-order valence-corrected chi connectivity index (χ3v) is 3.46. The molecule has 2 rings (SSSR count). The van der Waals surface area contributed by atoms with E-state index < -0.39 is 36.1 Å². The molecule has 2 aromatic rings. The van der Waals surface area contributed by atoms with Gasteiger partial charge in [0.05, 0.1) is 5.56 Å². The lowest BCUT2D eigenvalue weighted by Gasteiger charge is -2.18. The zero-order valence-electron chi connectivity index (χ0n) is 15.2. The van der Waals surface area contributed by atoms with Gasteiger partial charge in [-0.25, -0.2) is 9.59 Å². The van der Waals surface area contributed by atoms with Crippen LogP contribution >= 0.6 is 0 Å². The van der Waals surface area contributed by atoms with E-state index in [1.165, 1.54) is 12.1 Å². The highest BCUT2D eigenvalue weighted by atomic mass is 19.4. The molecule has 0 unspecified atom stereocenters. The largest absolute Gasteiger partial charge is 0.573 e. The van der Waals surface area contributed by atoms with Crippen molar-refractivity contribution in [2.45, 2.75) is 19.4 Å². The molecule has 29 heavy (non-hydrogen) atoms. The number of carbonyl (C=O) groups excluding carboxylic acids is 3. The molecule has 154 valence electrons. The number of benzene rings is 2. The molecule has 2 aromatic carbocycles. The summed E-state index contributed by atoms with van der Waals surface area (Å²) in [6.45, 7) is 1.94. The average Bonchev–Trinajstić information content (AvgIpc) is 2.66. The molecule has 0 spiro atoms. The van der Waals surface area contributed by atoms with Gasteiger partial charge in [0, 0.05) is 12.1 Å². The standard InChI is InChI=1S/C19H17F3N2O5/c1-2-23-18(27)24-16(25)15(12-6-4-3-5-7-12)28-17(26)13-8-10-14(11-9-13)29-19(20,21)22/h3-11,15H,2H2,1H3,(H2,23,24,25,27)/t15-/m1/s1. The normalized spacial score (nSPS) is 11.9. The number of hydrogen-bond acceptors (Lipinski definition) is 5. The third-order valence-electron chi connectivity index (χ3n) is 3.46. The van der Waals surface area contributed by atoms with Crippen molar-refractivity contribution in [3.05, 3.63) is 65.7 Å². The number of ether oxygens (including phenoxy) is 2. The Hall–Kier alpha value is -3.56. The number of halogens is 3. The van der Waals surface area contributed by atoms with E-state index in [0.717, 1.165) is 24.3 Å². The van der Waals surface area contributed by atoms with Crippen LogP contribution in [0.5, 0.6) is 5.75 Å². The molecule has 0 saturated heterocycles. The van der Waals surface area contributed by atoms with Crippen LogP contribution in [0.4, 0.5) is 18.0 Å². The number of nitrogens with one attached hydrogen (secondary N) is 2. The second-order valence-electron chi connectivity index (χ2n) is 5.62. The third kappa shape index (κ3) is 6.83. The molecule has 0 aliphatic rings. The minimum atomic E-state index is -4.86. The molecular weight excluding hydrogens is 393 g/mol. The molecule has 0 aliphatic heterocycles. The molecule has 0 heterocycles. The molecule has 7 nitrogen and oxygen atoms in total. The Labute approximate surface area is 163 Å². The van der Waals surface area contributed by atoms with E-state index in [4.69, 9.17) is 4.74 Å². The first-order valence-electron chi connectivity index (χ1n) is 8.40. The summed E-state index contributed by atoms with van der Waals surface area (Å²) in [5, 5.41) is 4.44. The fourth-order valence-corrected chi connectivity index (χ4v) is 2.25. The Morgan fingerprint density at radius 2 is 1.62 bits per heavy atom. The van der Waals surface area contributed by atoms with Crippen LogP contribution in [-0.4, -0.2) is 30.8 Å². The highest BCUT2D eigenvalue weighted by Crippen LogP contribution is 2.24. The van der Waals surface area contributed by atoms with Crippen molar-refractivity contribution in [3.8, 4) is 5.75 Å². The maximum atomic E-state index is 12.4. The van der Waals surface area contributed by atoms with Gasteiger partial charge in [-0.3, -0.25) is 10.1 Å². The van der Waals surface area contributed by atoms with Crippen molar-refractivity contribution in [1.29, 1.82) is 0 Å². The zero-order chi connectivity index (χ0) is 21.4. The van der Waals surface area contributed by atoms with Gasteiger partial charge in [0.2, 0.25) is 6.10 Å². The van der Waals surface area contributed by atoms with E-state index in [1.807, 2.05) is 0 Å². The number of rotatable bonds is 6. The molecule has 1 atom stereocenters. The van der Waals surface area contributed by atoms with E-state index in [2.05, 4.69) is 15.4 Å². The van der Waals surface area contributed by atoms with Crippen molar-refractivity contribution in [3.63, 3.8) is 0 Å². The number of imide groups is 1. The smallest absolute Gasteiger partial charge is 0.444 e. The van der Waals surface area contributed by atoms with E-state index in [9.17, 15) is 27.6 Å². The number of hydrogen-bond donors (Lipinski definition) is 2. The van der Waals surface area contributed by atoms with Crippen LogP contribution in [0.15, 0.2) is 54.6 Å². The van der Waals surface area contributed by atoms with Gasteiger partial charge in [-0.15, -0.1) is 13.2 Å². The van der Waals surface area contributed by atoms with Crippen LogP contribution in [0, 0.1) is 0 Å². The first-order valence-corrected chi connectivity index (χ1v) is 8.40. The van der Waals surface area contributed by atoms with Gasteiger partial charge in [-0.1, -0.05) is 30.3 Å². The lowest BCUT2D eigenvalue weighted by molar-refractivity contribution is -0.274. The van der Waals surface area contributed by atoms with Crippen LogP contribution in [0.25, 0.3) is 0 Å². The minimum Gasteiger partial charge on any atom is -0.444 e. The topological polar surface area (TPSA) is 93.7 Å². The summed E-state index contributed by atoms with van der Waals surface area (Å²) >= 11 is 0. The average molecular weight is 410 g/mol. The van der Waals surface area contributed by atoms with E-state index in [-0.39, 0.29) is 12.1 Å². The lowest BCUT2D eigenvalue weighted by Crippen LogP contribution is -2.42. The van der Waals surface area contributed by atoms with Gasteiger partial charge in [-0.05, 0) is 31.2 Å². The lowest BCUT2D eigenvalue weighted by atomic mass is 10.1. The number of amides is 3. The molecule has 10 heteroatoms. The molecule has 0 aromatic heterocycles. The highest BCUT2D eigenvalue weighted by molar-refractivity contribution is 5.99. The van der Waals surface area contributed by atoms with Crippen molar-refractivity contribution in [1.82, 2.24) is 10.6 Å². The molecule has 0 bridgehead atoms. The number of carbonyl (C=O) groups is 3. The first kappa shape index (κ1) is 21.7. The molecule has 0 saturated carbocycles. The Balaban J connectivity index is 2.16. The summed E-state index contributed by atoms with van der Waals surface area (Å²) in [4.78, 5) is 36.4. The quantitative estimate of drug-likeness (QED) is 0.713. The van der Waals surface area contributed by atoms with Gasteiger partial charge in [0.15, 0.2) is 0 Å². The minimum absolute atomic E-state index is 0.105. The predicted octanol–water partition coefficient (Wildman–Crippen LogP) is 3.33. The SMILES string of the molecule is CCNC(=O)NC(=O)[C@H](OC(=O)c1ccc(OC(F)(F)F)cc1)c1ccccc1. The summed E-state index contributed by atoms with van der Waals surface area (Å²) in [7, 11) is 0. The van der Waals surface area contributed by atoms with Gasteiger partial charge >= 0.3 is 18.4 Å². The summed E-state index contributed by atoms with van der Waals surface area (Å²) in [5.74, 6) is -2.36. The number of urea groups is 1. The van der Waals surface area contributed by atoms with Crippen LogP contribution in [0.2, 0.25) is 0 Å². The molecular formula is C19H17F3N2O5. The number of alkyl halides is 3. The van der Waals surface area contributed by atoms with E-state index in [1.54, 1.807) is 25.1 Å². The molecule has 2 N–H and O–H groups in total. The predicted molar refractivity (Wildman–Crippen MR) is 94.9 cm³/mol. The maximum absolute atomic E-state index is 12.4. The second-order valence-corrected chi connectivity index (χ2v) is 5.62.